The SMILES string of the molecule is COc1ccc([C@H]2O[C@@H]2C(=O)[O-])cc1.[K+]. The van der Waals surface area contributed by atoms with Crippen LogP contribution in [0.25, 0.3) is 0 Å². The number of ether oxygens (including phenoxy) is 2. The van der Waals surface area contributed by atoms with E-state index in [1.54, 1.807) is 31.4 Å². The molecule has 1 saturated heterocycles. The van der Waals surface area contributed by atoms with Gasteiger partial charge in [0, 0.05) is 0 Å². The van der Waals surface area contributed by atoms with Crippen LogP contribution >= 0.6 is 0 Å². The topological polar surface area (TPSA) is 61.9 Å². The van der Waals surface area contributed by atoms with Crippen molar-refractivity contribution in [1.82, 2.24) is 0 Å². The van der Waals surface area contributed by atoms with Gasteiger partial charge in [-0.3, -0.25) is 0 Å². The van der Waals surface area contributed by atoms with Crippen molar-refractivity contribution in [2.24, 2.45) is 0 Å². The van der Waals surface area contributed by atoms with Crippen LogP contribution in [0.1, 0.15) is 11.7 Å². The predicted molar refractivity (Wildman–Crippen MR) is 45.6 cm³/mol. The Kier molecular flexibility index (Phi) is 4.76. The Morgan fingerprint density at radius 1 is 1.40 bits per heavy atom. The number of aliphatic carboxylic acids is 1. The second-order valence-electron chi connectivity index (χ2n) is 3.07. The van der Waals surface area contributed by atoms with Crippen molar-refractivity contribution in [1.29, 1.82) is 0 Å². The maximum atomic E-state index is 10.4. The molecule has 2 atom stereocenters. The first-order valence-electron chi connectivity index (χ1n) is 4.22. The minimum Gasteiger partial charge on any atom is -0.547 e. The van der Waals surface area contributed by atoms with Gasteiger partial charge in [0.2, 0.25) is 0 Å². The molecule has 1 fully saturated rings. The smallest absolute Gasteiger partial charge is 0.547 e. The van der Waals surface area contributed by atoms with E-state index in [9.17, 15) is 9.90 Å². The van der Waals surface area contributed by atoms with Crippen LogP contribution in [0.3, 0.4) is 0 Å². The van der Waals surface area contributed by atoms with Gasteiger partial charge in [0.15, 0.2) is 0 Å². The molecule has 0 spiro atoms. The molecule has 0 unspecified atom stereocenters. The molecule has 0 aromatic heterocycles. The number of rotatable bonds is 3. The molecule has 1 heterocycles. The Morgan fingerprint density at radius 3 is 2.40 bits per heavy atom. The molecule has 15 heavy (non-hydrogen) atoms. The fraction of sp³-hybridized carbons (Fsp3) is 0.300. The van der Waals surface area contributed by atoms with Gasteiger partial charge in [-0.05, 0) is 17.7 Å². The first kappa shape index (κ1) is 13.2. The van der Waals surface area contributed by atoms with Crippen molar-refractivity contribution in [3.8, 4) is 5.75 Å². The van der Waals surface area contributed by atoms with Crippen molar-refractivity contribution in [2.45, 2.75) is 12.2 Å². The summed E-state index contributed by atoms with van der Waals surface area (Å²) >= 11 is 0. The summed E-state index contributed by atoms with van der Waals surface area (Å²) in [7, 11) is 1.58. The molecular weight excluding hydrogens is 223 g/mol. The molecule has 0 N–H and O–H groups in total. The quantitative estimate of drug-likeness (QED) is 0.409. The third kappa shape index (κ3) is 3.02. The number of methoxy groups -OCH3 is 1. The molecule has 1 aliphatic heterocycles. The van der Waals surface area contributed by atoms with Crippen molar-refractivity contribution >= 4 is 5.97 Å². The van der Waals surface area contributed by atoms with Crippen LogP contribution in [0.4, 0.5) is 0 Å². The molecule has 74 valence electrons. The molecule has 0 saturated carbocycles. The third-order valence-corrected chi connectivity index (χ3v) is 2.17. The molecule has 1 aliphatic rings. The maximum absolute atomic E-state index is 10.4. The van der Waals surface area contributed by atoms with E-state index in [0.29, 0.717) is 0 Å². The van der Waals surface area contributed by atoms with Gasteiger partial charge < -0.3 is 19.4 Å². The summed E-state index contributed by atoms with van der Waals surface area (Å²) in [4.78, 5) is 10.4. The minimum atomic E-state index is -1.16. The molecule has 2 rings (SSSR count). The second kappa shape index (κ2) is 5.43. The van der Waals surface area contributed by atoms with Crippen molar-refractivity contribution < 1.29 is 70.8 Å². The number of carbonyl (C=O) groups is 1. The maximum Gasteiger partial charge on any atom is 1.00 e. The molecule has 0 bridgehead atoms. The number of carbonyl (C=O) groups excluding carboxylic acids is 1. The number of hydrogen-bond acceptors (Lipinski definition) is 4. The average Bonchev–Trinajstić information content (AvgIpc) is 2.97. The van der Waals surface area contributed by atoms with Crippen molar-refractivity contribution in [2.75, 3.05) is 7.11 Å². The van der Waals surface area contributed by atoms with E-state index in [0.717, 1.165) is 11.3 Å². The van der Waals surface area contributed by atoms with Crippen molar-refractivity contribution in [3.05, 3.63) is 29.8 Å². The summed E-state index contributed by atoms with van der Waals surface area (Å²) in [6.07, 6.45) is -1.14. The first-order valence-corrected chi connectivity index (χ1v) is 4.22. The monoisotopic (exact) mass is 232 g/mol. The molecule has 0 amide bonds. The number of carboxylic acids is 1. The normalized spacial score (nSPS) is 22.7. The largest absolute Gasteiger partial charge is 1.00 e. The zero-order valence-electron chi connectivity index (χ0n) is 8.60. The van der Waals surface area contributed by atoms with Crippen LogP contribution in [0.2, 0.25) is 0 Å². The summed E-state index contributed by atoms with van der Waals surface area (Å²) < 4.78 is 9.91. The number of epoxide rings is 1. The molecule has 5 heteroatoms. The van der Waals surface area contributed by atoms with Crippen LogP contribution in [0.15, 0.2) is 24.3 Å². The van der Waals surface area contributed by atoms with Gasteiger partial charge in [-0.25, -0.2) is 0 Å². The van der Waals surface area contributed by atoms with E-state index in [1.165, 1.54) is 0 Å². The second-order valence-corrected chi connectivity index (χ2v) is 3.07. The summed E-state index contributed by atoms with van der Waals surface area (Å²) in [6, 6.07) is 7.10. The molecule has 4 nitrogen and oxygen atoms in total. The summed E-state index contributed by atoms with van der Waals surface area (Å²) in [5.74, 6) is -0.426. The van der Waals surface area contributed by atoms with Gasteiger partial charge in [-0.15, -0.1) is 0 Å². The zero-order valence-corrected chi connectivity index (χ0v) is 11.7. The number of carboxylic acid groups (broad SMARTS) is 1. The van der Waals surface area contributed by atoms with Crippen LogP contribution in [-0.4, -0.2) is 19.2 Å². The number of benzene rings is 1. The predicted octanol–water partition coefficient (Wildman–Crippen LogP) is -3.11. The molecule has 1 aromatic rings. The fourth-order valence-corrected chi connectivity index (χ4v) is 1.34. The van der Waals surface area contributed by atoms with Gasteiger partial charge in [0.1, 0.15) is 18.0 Å². The van der Waals surface area contributed by atoms with Gasteiger partial charge in [-0.2, -0.15) is 0 Å². The van der Waals surface area contributed by atoms with Crippen LogP contribution in [0.5, 0.6) is 5.75 Å². The van der Waals surface area contributed by atoms with Gasteiger partial charge in [0.25, 0.3) is 0 Å². The molecular formula is C10H9KO4. The van der Waals surface area contributed by atoms with Crippen molar-refractivity contribution in [3.63, 3.8) is 0 Å². The Bertz CT molecular complexity index is 349. The Hall–Kier alpha value is 0.0864. The molecule has 1 aromatic carbocycles. The van der Waals surface area contributed by atoms with Gasteiger partial charge in [-0.1, -0.05) is 12.1 Å². The van der Waals surface area contributed by atoms with Crippen LogP contribution in [0, 0.1) is 0 Å². The Morgan fingerprint density at radius 2 is 2.00 bits per heavy atom. The summed E-state index contributed by atoms with van der Waals surface area (Å²) in [5, 5.41) is 10.4. The zero-order chi connectivity index (χ0) is 10.1. The van der Waals surface area contributed by atoms with E-state index < -0.39 is 12.1 Å². The van der Waals surface area contributed by atoms with E-state index in [-0.39, 0.29) is 57.5 Å². The van der Waals surface area contributed by atoms with Gasteiger partial charge >= 0.3 is 51.4 Å². The van der Waals surface area contributed by atoms with E-state index in [4.69, 9.17) is 9.47 Å². The van der Waals surface area contributed by atoms with E-state index in [1.807, 2.05) is 0 Å². The minimum absolute atomic E-state index is 0. The Balaban J connectivity index is 0.00000112. The van der Waals surface area contributed by atoms with E-state index >= 15 is 0 Å². The number of hydrogen-bond donors (Lipinski definition) is 0. The molecule has 0 aliphatic carbocycles. The average molecular weight is 232 g/mol. The fourth-order valence-electron chi connectivity index (χ4n) is 1.34. The van der Waals surface area contributed by atoms with E-state index in [2.05, 4.69) is 0 Å². The van der Waals surface area contributed by atoms with Gasteiger partial charge in [0.05, 0.1) is 13.1 Å². The summed E-state index contributed by atoms with van der Waals surface area (Å²) in [6.45, 7) is 0. The molecule has 0 radical (unpaired) electrons. The first-order chi connectivity index (χ1) is 6.72. The summed E-state index contributed by atoms with van der Waals surface area (Å²) in [5.41, 5.74) is 0.833. The third-order valence-electron chi connectivity index (χ3n) is 2.17. The standard InChI is InChI=1S/C10H10O4.K/c1-13-7-4-2-6(3-5-7)8-9(14-8)10(11)12;/h2-5,8-9H,1H3,(H,11,12);/q;+1/p-1/t8-,9+;/m1./s1. The van der Waals surface area contributed by atoms with Crippen LogP contribution in [-0.2, 0) is 9.53 Å². The van der Waals surface area contributed by atoms with Crippen LogP contribution < -0.4 is 61.2 Å². The Labute approximate surface area is 130 Å².